The largest absolute Gasteiger partial charge is 0.618 e. The van der Waals surface area contributed by atoms with E-state index in [1.807, 2.05) is 0 Å². The number of ether oxygens (including phenoxy) is 1. The Morgan fingerprint density at radius 2 is 1.91 bits per heavy atom. The van der Waals surface area contributed by atoms with Crippen LogP contribution in [-0.2, 0) is 4.74 Å². The second-order valence-electron chi connectivity index (χ2n) is 5.01. The highest BCUT2D eigenvalue weighted by Gasteiger charge is 2.15. The molecule has 0 aliphatic rings. The third-order valence-corrected chi connectivity index (χ3v) is 3.57. The minimum Gasteiger partial charge on any atom is -0.618 e. The van der Waals surface area contributed by atoms with Gasteiger partial charge in [-0.15, -0.1) is 0 Å². The molecule has 1 aromatic heterocycles. The predicted octanol–water partition coefficient (Wildman–Crippen LogP) is 3.46. The Morgan fingerprint density at radius 3 is 2.61 bits per heavy atom. The Labute approximate surface area is 132 Å². The highest BCUT2D eigenvalue weighted by Crippen LogP contribution is 2.27. The van der Waals surface area contributed by atoms with Crippen molar-refractivity contribution < 1.29 is 18.7 Å². The second kappa shape index (κ2) is 6.04. The van der Waals surface area contributed by atoms with Crippen LogP contribution < -0.4 is 4.73 Å². The summed E-state index contributed by atoms with van der Waals surface area (Å²) in [5.74, 6) is -0.793. The van der Waals surface area contributed by atoms with E-state index in [1.165, 1.54) is 24.4 Å². The standard InChI is InChI=1S/C18H14FNO3/c1-2-23-18(21)13-5-8-16-15(9-10-20(22)17(16)11-13)12-3-6-14(19)7-4-12/h3-11H,2H2,1H3. The number of nitrogens with zero attached hydrogens (tertiary/aromatic N) is 1. The number of hydrogen-bond donors (Lipinski definition) is 0. The van der Waals surface area contributed by atoms with E-state index in [2.05, 4.69) is 0 Å². The van der Waals surface area contributed by atoms with Gasteiger partial charge in [0.05, 0.1) is 17.6 Å². The van der Waals surface area contributed by atoms with Crippen molar-refractivity contribution in [1.82, 2.24) is 0 Å². The van der Waals surface area contributed by atoms with Gasteiger partial charge in [0.25, 0.3) is 0 Å². The van der Waals surface area contributed by atoms with Crippen LogP contribution >= 0.6 is 0 Å². The van der Waals surface area contributed by atoms with Crippen molar-refractivity contribution in [3.8, 4) is 11.1 Å². The average molecular weight is 311 g/mol. The smallest absolute Gasteiger partial charge is 0.338 e. The number of pyridine rings is 1. The number of halogens is 1. The lowest BCUT2D eigenvalue weighted by Crippen LogP contribution is -2.26. The van der Waals surface area contributed by atoms with Crippen molar-refractivity contribution in [2.75, 3.05) is 6.61 Å². The highest BCUT2D eigenvalue weighted by molar-refractivity contribution is 5.98. The van der Waals surface area contributed by atoms with Gasteiger partial charge in [-0.1, -0.05) is 12.1 Å². The Balaban J connectivity index is 2.16. The van der Waals surface area contributed by atoms with Crippen molar-refractivity contribution in [2.45, 2.75) is 6.92 Å². The summed E-state index contributed by atoms with van der Waals surface area (Å²) in [6.45, 7) is 1.99. The van der Waals surface area contributed by atoms with Crippen molar-refractivity contribution in [1.29, 1.82) is 0 Å². The van der Waals surface area contributed by atoms with E-state index < -0.39 is 5.97 Å². The van der Waals surface area contributed by atoms with Crippen LogP contribution in [0.4, 0.5) is 4.39 Å². The lowest BCUT2D eigenvalue weighted by atomic mass is 10.00. The Kier molecular flexibility index (Phi) is 3.93. The molecule has 116 valence electrons. The van der Waals surface area contributed by atoms with Gasteiger partial charge in [-0.05, 0) is 36.8 Å². The normalized spacial score (nSPS) is 10.7. The van der Waals surface area contributed by atoms with Gasteiger partial charge in [0, 0.05) is 17.7 Å². The van der Waals surface area contributed by atoms with Gasteiger partial charge in [0.15, 0.2) is 6.20 Å². The predicted molar refractivity (Wildman–Crippen MR) is 84.3 cm³/mol. The first-order valence-electron chi connectivity index (χ1n) is 7.19. The summed E-state index contributed by atoms with van der Waals surface area (Å²) in [4.78, 5) is 11.8. The molecule has 3 rings (SSSR count). The first-order valence-corrected chi connectivity index (χ1v) is 7.19. The molecular weight excluding hydrogens is 297 g/mol. The minimum atomic E-state index is -0.471. The molecule has 0 saturated heterocycles. The number of rotatable bonds is 3. The molecule has 0 spiro atoms. The van der Waals surface area contributed by atoms with Gasteiger partial charge >= 0.3 is 5.97 Å². The fourth-order valence-electron chi connectivity index (χ4n) is 2.48. The third kappa shape index (κ3) is 2.85. The van der Waals surface area contributed by atoms with Gasteiger partial charge in [0.2, 0.25) is 5.52 Å². The van der Waals surface area contributed by atoms with Crippen molar-refractivity contribution in [3.63, 3.8) is 0 Å². The van der Waals surface area contributed by atoms with Gasteiger partial charge in [0.1, 0.15) is 5.82 Å². The molecule has 0 bridgehead atoms. The molecule has 0 saturated carbocycles. The number of esters is 1. The van der Waals surface area contributed by atoms with Crippen LogP contribution in [0.3, 0.4) is 0 Å². The second-order valence-corrected chi connectivity index (χ2v) is 5.01. The molecule has 0 aliphatic heterocycles. The third-order valence-electron chi connectivity index (χ3n) is 3.57. The summed E-state index contributed by atoms with van der Waals surface area (Å²) in [7, 11) is 0. The fourth-order valence-corrected chi connectivity index (χ4v) is 2.48. The summed E-state index contributed by atoms with van der Waals surface area (Å²) in [6.07, 6.45) is 1.37. The quantitative estimate of drug-likeness (QED) is 0.423. The topological polar surface area (TPSA) is 53.2 Å². The number of fused-ring (bicyclic) bond motifs is 1. The van der Waals surface area contributed by atoms with Gasteiger partial charge in [-0.2, -0.15) is 4.73 Å². The molecular formula is C18H14FNO3. The molecule has 0 amide bonds. The van der Waals surface area contributed by atoms with Crippen LogP contribution in [0.5, 0.6) is 0 Å². The molecule has 0 unspecified atom stereocenters. The first kappa shape index (κ1) is 15.0. The maximum atomic E-state index is 13.1. The van der Waals surface area contributed by atoms with E-state index in [4.69, 9.17) is 4.74 Å². The van der Waals surface area contributed by atoms with Crippen LogP contribution in [0.1, 0.15) is 17.3 Å². The average Bonchev–Trinajstić information content (AvgIpc) is 2.56. The number of benzene rings is 2. The van der Waals surface area contributed by atoms with Gasteiger partial charge in [-0.3, -0.25) is 0 Å². The van der Waals surface area contributed by atoms with E-state index in [9.17, 15) is 14.4 Å². The number of carbonyl (C=O) groups excluding carboxylic acids is 1. The molecule has 0 aliphatic carbocycles. The van der Waals surface area contributed by atoms with Crippen molar-refractivity contribution in [3.05, 3.63) is 71.3 Å². The zero-order valence-electron chi connectivity index (χ0n) is 12.5. The number of carbonyl (C=O) groups is 1. The van der Waals surface area contributed by atoms with Crippen LogP contribution in [0.2, 0.25) is 0 Å². The summed E-state index contributed by atoms with van der Waals surface area (Å²) in [5.41, 5.74) is 2.26. The molecule has 3 aromatic rings. The lowest BCUT2D eigenvalue weighted by molar-refractivity contribution is -0.576. The van der Waals surface area contributed by atoms with E-state index >= 15 is 0 Å². The summed E-state index contributed by atoms with van der Waals surface area (Å²) >= 11 is 0. The molecule has 4 nitrogen and oxygen atoms in total. The molecule has 2 aromatic carbocycles. The van der Waals surface area contributed by atoms with E-state index in [-0.39, 0.29) is 12.4 Å². The molecule has 1 heterocycles. The SMILES string of the molecule is CCOC(=O)c1ccc2c(-c3ccc(F)cc3)cc[n+]([O-])c2c1. The molecule has 0 radical (unpaired) electrons. The zero-order chi connectivity index (χ0) is 16.4. The zero-order valence-corrected chi connectivity index (χ0v) is 12.5. The number of aromatic nitrogens is 1. The van der Waals surface area contributed by atoms with Gasteiger partial charge < -0.3 is 9.94 Å². The highest BCUT2D eigenvalue weighted by atomic mass is 19.1. The summed E-state index contributed by atoms with van der Waals surface area (Å²) in [5, 5.41) is 12.7. The minimum absolute atomic E-state index is 0.268. The van der Waals surface area contributed by atoms with Crippen molar-refractivity contribution >= 4 is 16.9 Å². The Bertz CT molecular complexity index is 875. The van der Waals surface area contributed by atoms with Gasteiger partial charge in [-0.25, -0.2) is 9.18 Å². The maximum absolute atomic E-state index is 13.1. The van der Waals surface area contributed by atoms with E-state index in [0.29, 0.717) is 21.2 Å². The van der Waals surface area contributed by atoms with Crippen LogP contribution in [0, 0.1) is 11.0 Å². The Hall–Kier alpha value is -2.95. The molecule has 0 atom stereocenters. The number of hydrogen-bond acceptors (Lipinski definition) is 3. The summed E-state index contributed by atoms with van der Waals surface area (Å²) in [6, 6.07) is 12.5. The molecule has 5 heteroatoms. The molecule has 0 fully saturated rings. The fraction of sp³-hybridized carbons (Fsp3) is 0.111. The van der Waals surface area contributed by atoms with Crippen molar-refractivity contribution in [2.24, 2.45) is 0 Å². The monoisotopic (exact) mass is 311 g/mol. The first-order chi connectivity index (χ1) is 11.1. The Morgan fingerprint density at radius 1 is 1.17 bits per heavy atom. The van der Waals surface area contributed by atoms with Crippen LogP contribution in [0.25, 0.3) is 22.0 Å². The van der Waals surface area contributed by atoms with E-state index in [1.54, 1.807) is 37.3 Å². The van der Waals surface area contributed by atoms with E-state index in [0.717, 1.165) is 11.1 Å². The maximum Gasteiger partial charge on any atom is 0.338 e. The molecule has 23 heavy (non-hydrogen) atoms. The van der Waals surface area contributed by atoms with Crippen LogP contribution in [0.15, 0.2) is 54.7 Å². The van der Waals surface area contributed by atoms with Crippen LogP contribution in [-0.4, -0.2) is 12.6 Å². The molecule has 0 N–H and O–H groups in total. The lowest BCUT2D eigenvalue weighted by Gasteiger charge is -2.09. The summed E-state index contributed by atoms with van der Waals surface area (Å²) < 4.78 is 18.7.